The van der Waals surface area contributed by atoms with E-state index in [1.165, 1.54) is 12.1 Å². The Morgan fingerprint density at radius 1 is 0.960 bits per heavy atom. The van der Waals surface area contributed by atoms with Crippen LogP contribution in [0.4, 0.5) is 17.6 Å². The van der Waals surface area contributed by atoms with E-state index < -0.39 is 13.2 Å². The molecule has 0 aliphatic heterocycles. The highest BCUT2D eigenvalue weighted by atomic mass is 79.9. The third-order valence-corrected chi connectivity index (χ3v) is 3.31. The van der Waals surface area contributed by atoms with Crippen LogP contribution in [-0.2, 0) is 0 Å². The smallest absolute Gasteiger partial charge is 0.387 e. The number of imidazole rings is 1. The summed E-state index contributed by atoms with van der Waals surface area (Å²) in [5.74, 6) is -0.617. The van der Waals surface area contributed by atoms with Crippen molar-refractivity contribution in [3.05, 3.63) is 47.7 Å². The number of rotatable bonds is 5. The molecule has 0 fully saturated rings. The van der Waals surface area contributed by atoms with Crippen molar-refractivity contribution in [3.63, 3.8) is 0 Å². The normalized spacial score (nSPS) is 11.0. The quantitative estimate of drug-likeness (QED) is 0.495. The van der Waals surface area contributed by atoms with E-state index in [-0.39, 0.29) is 34.0 Å². The van der Waals surface area contributed by atoms with E-state index >= 15 is 0 Å². The minimum absolute atomic E-state index is 0. The average molecular weight is 442 g/mol. The Bertz CT molecular complexity index is 876. The van der Waals surface area contributed by atoms with E-state index in [9.17, 15) is 17.6 Å². The maximum atomic E-state index is 12.6. The summed E-state index contributed by atoms with van der Waals surface area (Å²) in [5, 5.41) is 0.469. The first-order valence-electron chi connectivity index (χ1n) is 6.60. The van der Waals surface area contributed by atoms with Crippen LogP contribution in [0.2, 0.25) is 5.02 Å². The minimum atomic E-state index is -3.13. The molecule has 0 aliphatic carbocycles. The van der Waals surface area contributed by atoms with Crippen LogP contribution in [0.1, 0.15) is 0 Å². The second kappa shape index (κ2) is 7.92. The molecule has 0 saturated heterocycles. The maximum absolute atomic E-state index is 12.6. The van der Waals surface area contributed by atoms with Gasteiger partial charge in [0.05, 0.1) is 10.7 Å². The molecule has 0 amide bonds. The zero-order chi connectivity index (χ0) is 17.3. The first-order valence-corrected chi connectivity index (χ1v) is 6.98. The number of ether oxygens (including phenoxy) is 2. The summed E-state index contributed by atoms with van der Waals surface area (Å²) < 4.78 is 60.0. The first kappa shape index (κ1) is 19.3. The van der Waals surface area contributed by atoms with Gasteiger partial charge in [0.1, 0.15) is 17.1 Å². The Hall–Kier alpha value is -2.00. The molecule has 3 aromatic rings. The number of hydrogen-bond acceptors (Lipinski definition) is 3. The Kier molecular flexibility index (Phi) is 6.12. The molecule has 0 atom stereocenters. The third-order valence-electron chi connectivity index (χ3n) is 3.09. The Morgan fingerprint density at radius 3 is 2.36 bits per heavy atom. The molecule has 2 heterocycles. The summed E-state index contributed by atoms with van der Waals surface area (Å²) in [4.78, 5) is 4.27. The molecule has 0 aliphatic rings. The molecule has 134 valence electrons. The van der Waals surface area contributed by atoms with Crippen LogP contribution in [0.3, 0.4) is 0 Å². The highest BCUT2D eigenvalue weighted by Crippen LogP contribution is 2.34. The lowest BCUT2D eigenvalue weighted by Gasteiger charge is -2.11. The first-order chi connectivity index (χ1) is 11.4. The van der Waals surface area contributed by atoms with E-state index in [4.69, 9.17) is 11.6 Å². The van der Waals surface area contributed by atoms with Gasteiger partial charge in [-0.1, -0.05) is 11.6 Å². The topological polar surface area (TPSA) is 35.8 Å². The highest BCUT2D eigenvalue weighted by molar-refractivity contribution is 8.93. The molecule has 0 radical (unpaired) electrons. The van der Waals surface area contributed by atoms with Crippen LogP contribution in [0, 0.1) is 0 Å². The molecule has 10 heteroatoms. The summed E-state index contributed by atoms with van der Waals surface area (Å²) in [7, 11) is 0. The van der Waals surface area contributed by atoms with Gasteiger partial charge in [0.15, 0.2) is 0 Å². The van der Waals surface area contributed by atoms with Crippen LogP contribution in [-0.4, -0.2) is 22.6 Å². The van der Waals surface area contributed by atoms with Crippen molar-refractivity contribution in [3.8, 4) is 22.8 Å². The molecule has 0 spiro atoms. The fraction of sp³-hybridized carbons (Fsp3) is 0.133. The van der Waals surface area contributed by atoms with Gasteiger partial charge in [-0.15, -0.1) is 17.0 Å². The number of benzene rings is 1. The summed E-state index contributed by atoms with van der Waals surface area (Å²) in [5.41, 5.74) is 1.05. The molecular formula is C15H10BrClF4N2O2. The standard InChI is InChI=1S/C15H9ClF4N2O2.BrH/c16-8-1-4-13-21-11(7-22(13)6-8)10-3-2-9(23-14(17)18)5-12(10)24-15(19)20;/h1-7,14-15H;1H. The summed E-state index contributed by atoms with van der Waals surface area (Å²) in [6.07, 6.45) is 3.15. The van der Waals surface area contributed by atoms with Gasteiger partial charge in [-0.3, -0.25) is 0 Å². The van der Waals surface area contributed by atoms with Gasteiger partial charge >= 0.3 is 13.2 Å². The Balaban J connectivity index is 0.00000225. The lowest BCUT2D eigenvalue weighted by Crippen LogP contribution is -2.05. The van der Waals surface area contributed by atoms with Gasteiger partial charge in [-0.2, -0.15) is 17.6 Å². The lowest BCUT2D eigenvalue weighted by atomic mass is 10.1. The summed E-state index contributed by atoms with van der Waals surface area (Å²) in [6, 6.07) is 6.78. The van der Waals surface area contributed by atoms with Crippen LogP contribution in [0.5, 0.6) is 11.5 Å². The molecule has 25 heavy (non-hydrogen) atoms. The van der Waals surface area contributed by atoms with Crippen molar-refractivity contribution in [2.24, 2.45) is 0 Å². The largest absolute Gasteiger partial charge is 0.435 e. The van der Waals surface area contributed by atoms with Crippen LogP contribution in [0.25, 0.3) is 16.9 Å². The van der Waals surface area contributed by atoms with Crippen molar-refractivity contribution >= 4 is 34.2 Å². The van der Waals surface area contributed by atoms with E-state index in [0.29, 0.717) is 16.4 Å². The van der Waals surface area contributed by atoms with Crippen molar-refractivity contribution in [1.82, 2.24) is 9.38 Å². The molecular weight excluding hydrogens is 432 g/mol. The van der Waals surface area contributed by atoms with Gasteiger partial charge in [0.25, 0.3) is 0 Å². The molecule has 4 nitrogen and oxygen atoms in total. The number of halogens is 6. The van der Waals surface area contributed by atoms with Crippen LogP contribution in [0.15, 0.2) is 42.7 Å². The van der Waals surface area contributed by atoms with Gasteiger partial charge < -0.3 is 13.9 Å². The number of fused-ring (bicyclic) bond motifs is 1. The zero-order valence-electron chi connectivity index (χ0n) is 12.2. The third kappa shape index (κ3) is 4.55. The zero-order valence-corrected chi connectivity index (χ0v) is 14.7. The number of nitrogens with zero attached hydrogens (tertiary/aromatic N) is 2. The predicted octanol–water partition coefficient (Wildman–Crippen LogP) is 5.44. The minimum Gasteiger partial charge on any atom is -0.435 e. The molecule has 3 rings (SSSR count). The number of alkyl halides is 4. The SMILES string of the molecule is Br.FC(F)Oc1ccc(-c2cn3cc(Cl)ccc3n2)c(OC(F)F)c1. The van der Waals surface area contributed by atoms with Gasteiger partial charge in [-0.25, -0.2) is 4.98 Å². The Morgan fingerprint density at radius 2 is 1.68 bits per heavy atom. The molecule has 0 N–H and O–H groups in total. The fourth-order valence-electron chi connectivity index (χ4n) is 2.18. The van der Waals surface area contributed by atoms with E-state index in [1.54, 1.807) is 28.9 Å². The molecule has 0 bridgehead atoms. The van der Waals surface area contributed by atoms with Gasteiger partial charge in [-0.05, 0) is 24.3 Å². The predicted molar refractivity (Wildman–Crippen MR) is 89.2 cm³/mol. The summed E-state index contributed by atoms with van der Waals surface area (Å²) >= 11 is 5.88. The number of hydrogen-bond donors (Lipinski definition) is 0. The average Bonchev–Trinajstić information content (AvgIpc) is 2.88. The van der Waals surface area contributed by atoms with Crippen molar-refractivity contribution < 1.29 is 27.0 Å². The number of aromatic nitrogens is 2. The van der Waals surface area contributed by atoms with Crippen LogP contribution >= 0.6 is 28.6 Å². The lowest BCUT2D eigenvalue weighted by molar-refractivity contribution is -0.0540. The fourth-order valence-corrected chi connectivity index (χ4v) is 2.35. The van der Waals surface area contributed by atoms with Crippen molar-refractivity contribution in [2.45, 2.75) is 13.2 Å². The summed E-state index contributed by atoms with van der Waals surface area (Å²) in [6.45, 7) is -6.20. The molecule has 2 aromatic heterocycles. The van der Waals surface area contributed by atoms with Gasteiger partial charge in [0.2, 0.25) is 0 Å². The highest BCUT2D eigenvalue weighted by Gasteiger charge is 2.16. The van der Waals surface area contributed by atoms with Crippen LogP contribution < -0.4 is 9.47 Å². The van der Waals surface area contributed by atoms with Gasteiger partial charge in [0, 0.05) is 24.0 Å². The monoisotopic (exact) mass is 440 g/mol. The molecule has 1 aromatic carbocycles. The van der Waals surface area contributed by atoms with E-state index in [0.717, 1.165) is 6.07 Å². The number of pyridine rings is 1. The second-order valence-corrected chi connectivity index (χ2v) is 5.09. The second-order valence-electron chi connectivity index (χ2n) is 4.65. The maximum Gasteiger partial charge on any atom is 0.387 e. The van der Waals surface area contributed by atoms with E-state index in [1.807, 2.05) is 0 Å². The van der Waals surface area contributed by atoms with Crippen molar-refractivity contribution in [2.75, 3.05) is 0 Å². The van der Waals surface area contributed by atoms with E-state index in [2.05, 4.69) is 14.5 Å². The molecule has 0 unspecified atom stereocenters. The Labute approximate surface area is 154 Å². The molecule has 0 saturated carbocycles. The van der Waals surface area contributed by atoms with Crippen molar-refractivity contribution in [1.29, 1.82) is 0 Å².